The monoisotopic (exact) mass is 311 g/mol. The third-order valence-corrected chi connectivity index (χ3v) is 4.75. The Kier molecular flexibility index (Phi) is 4.28. The van der Waals surface area contributed by atoms with Crippen molar-refractivity contribution in [3.8, 4) is 0 Å². The van der Waals surface area contributed by atoms with Gasteiger partial charge in [0.1, 0.15) is 5.82 Å². The zero-order valence-electron chi connectivity index (χ0n) is 11.2. The SMILES string of the molecule is Cc1cc(NC2(CN)CCCC(C)C2)ncc1Br. The fourth-order valence-corrected chi connectivity index (χ4v) is 3.11. The second-order valence-electron chi connectivity index (χ2n) is 5.63. The van der Waals surface area contributed by atoms with Gasteiger partial charge in [-0.25, -0.2) is 4.98 Å². The number of rotatable bonds is 3. The summed E-state index contributed by atoms with van der Waals surface area (Å²) >= 11 is 3.48. The van der Waals surface area contributed by atoms with Crippen molar-refractivity contribution in [1.82, 2.24) is 4.98 Å². The maximum atomic E-state index is 6.02. The maximum Gasteiger partial charge on any atom is 0.126 e. The number of hydrogen-bond acceptors (Lipinski definition) is 3. The van der Waals surface area contributed by atoms with Gasteiger partial charge in [0.05, 0.1) is 5.54 Å². The van der Waals surface area contributed by atoms with E-state index in [1.807, 2.05) is 6.20 Å². The molecular weight excluding hydrogens is 290 g/mol. The topological polar surface area (TPSA) is 50.9 Å². The van der Waals surface area contributed by atoms with Crippen LogP contribution in [0, 0.1) is 12.8 Å². The number of pyridine rings is 1. The van der Waals surface area contributed by atoms with E-state index in [-0.39, 0.29) is 5.54 Å². The third-order valence-electron chi connectivity index (χ3n) is 3.92. The average Bonchev–Trinajstić information content (AvgIpc) is 2.34. The van der Waals surface area contributed by atoms with Gasteiger partial charge in [-0.15, -0.1) is 0 Å². The maximum absolute atomic E-state index is 6.02. The molecule has 0 aliphatic heterocycles. The van der Waals surface area contributed by atoms with Gasteiger partial charge < -0.3 is 11.1 Å². The molecular formula is C14H22BrN3. The molecule has 100 valence electrons. The van der Waals surface area contributed by atoms with Crippen molar-refractivity contribution in [3.05, 3.63) is 22.3 Å². The molecule has 0 radical (unpaired) electrons. The lowest BCUT2D eigenvalue weighted by atomic mass is 9.76. The molecule has 1 aliphatic carbocycles. The molecule has 3 nitrogen and oxygen atoms in total. The summed E-state index contributed by atoms with van der Waals surface area (Å²) in [7, 11) is 0. The van der Waals surface area contributed by atoms with E-state index in [0.29, 0.717) is 6.54 Å². The molecule has 0 spiro atoms. The Balaban J connectivity index is 2.16. The van der Waals surface area contributed by atoms with Gasteiger partial charge in [-0.2, -0.15) is 0 Å². The fourth-order valence-electron chi connectivity index (χ4n) is 2.89. The van der Waals surface area contributed by atoms with Crippen molar-refractivity contribution in [3.63, 3.8) is 0 Å². The molecule has 0 bridgehead atoms. The Morgan fingerprint density at radius 2 is 2.39 bits per heavy atom. The third kappa shape index (κ3) is 3.04. The first-order valence-corrected chi connectivity index (χ1v) is 7.44. The predicted molar refractivity (Wildman–Crippen MR) is 79.7 cm³/mol. The largest absolute Gasteiger partial charge is 0.363 e. The van der Waals surface area contributed by atoms with Gasteiger partial charge in [-0.3, -0.25) is 0 Å². The standard InChI is InChI=1S/C14H22BrN3/c1-10-4-3-5-14(7-10,9-16)18-13-6-11(2)12(15)8-17-13/h6,8,10H,3-5,7,9,16H2,1-2H3,(H,17,18). The lowest BCUT2D eigenvalue weighted by Gasteiger charge is -2.40. The van der Waals surface area contributed by atoms with E-state index in [1.165, 1.54) is 18.4 Å². The van der Waals surface area contributed by atoms with Crippen molar-refractivity contribution in [1.29, 1.82) is 0 Å². The summed E-state index contributed by atoms with van der Waals surface area (Å²) in [5, 5.41) is 3.59. The summed E-state index contributed by atoms with van der Waals surface area (Å²) in [5.74, 6) is 1.68. The molecule has 0 aromatic carbocycles. The zero-order valence-corrected chi connectivity index (χ0v) is 12.8. The van der Waals surface area contributed by atoms with E-state index in [2.05, 4.69) is 46.1 Å². The van der Waals surface area contributed by atoms with Gasteiger partial charge in [0.25, 0.3) is 0 Å². The van der Waals surface area contributed by atoms with Crippen molar-refractivity contribution in [2.45, 2.75) is 45.1 Å². The van der Waals surface area contributed by atoms with Gasteiger partial charge >= 0.3 is 0 Å². The van der Waals surface area contributed by atoms with Crippen molar-refractivity contribution in [2.75, 3.05) is 11.9 Å². The van der Waals surface area contributed by atoms with E-state index in [0.717, 1.165) is 29.1 Å². The molecule has 2 rings (SSSR count). The van der Waals surface area contributed by atoms with Crippen LogP contribution in [0.2, 0.25) is 0 Å². The van der Waals surface area contributed by atoms with Gasteiger partial charge in [-0.1, -0.05) is 19.8 Å². The van der Waals surface area contributed by atoms with Crippen molar-refractivity contribution >= 4 is 21.7 Å². The second kappa shape index (κ2) is 5.57. The molecule has 1 aromatic rings. The number of aryl methyl sites for hydroxylation is 1. The minimum Gasteiger partial charge on any atom is -0.363 e. The summed E-state index contributed by atoms with van der Waals surface area (Å²) in [6, 6.07) is 2.08. The quantitative estimate of drug-likeness (QED) is 0.898. The highest BCUT2D eigenvalue weighted by atomic mass is 79.9. The molecule has 2 unspecified atom stereocenters. The Labute approximate surface area is 118 Å². The van der Waals surface area contributed by atoms with Crippen LogP contribution < -0.4 is 11.1 Å². The highest BCUT2D eigenvalue weighted by Crippen LogP contribution is 2.34. The molecule has 18 heavy (non-hydrogen) atoms. The average molecular weight is 312 g/mol. The lowest BCUT2D eigenvalue weighted by Crippen LogP contribution is -2.48. The predicted octanol–water partition coefficient (Wildman–Crippen LogP) is 3.47. The molecule has 1 saturated carbocycles. The summed E-state index contributed by atoms with van der Waals surface area (Å²) < 4.78 is 1.05. The van der Waals surface area contributed by atoms with E-state index in [9.17, 15) is 0 Å². The van der Waals surface area contributed by atoms with Crippen LogP contribution in [0.15, 0.2) is 16.7 Å². The number of halogens is 1. The van der Waals surface area contributed by atoms with Crippen LogP contribution in [0.5, 0.6) is 0 Å². The fraction of sp³-hybridized carbons (Fsp3) is 0.643. The van der Waals surface area contributed by atoms with E-state index in [1.54, 1.807) is 0 Å². The Bertz CT molecular complexity index is 422. The van der Waals surface area contributed by atoms with Gasteiger partial charge in [0.2, 0.25) is 0 Å². The Morgan fingerprint density at radius 3 is 3.00 bits per heavy atom. The first-order chi connectivity index (χ1) is 8.54. The first-order valence-electron chi connectivity index (χ1n) is 6.65. The molecule has 1 fully saturated rings. The van der Waals surface area contributed by atoms with Crippen molar-refractivity contribution < 1.29 is 0 Å². The Morgan fingerprint density at radius 1 is 1.61 bits per heavy atom. The van der Waals surface area contributed by atoms with Gasteiger partial charge in [0.15, 0.2) is 0 Å². The van der Waals surface area contributed by atoms with Crippen LogP contribution in [-0.2, 0) is 0 Å². The van der Waals surface area contributed by atoms with Crippen molar-refractivity contribution in [2.24, 2.45) is 11.7 Å². The molecule has 0 amide bonds. The summed E-state index contributed by atoms with van der Waals surface area (Å²) in [6.45, 7) is 5.06. The molecule has 1 aromatic heterocycles. The number of anilines is 1. The van der Waals surface area contributed by atoms with Crippen LogP contribution in [0.1, 0.15) is 38.2 Å². The molecule has 4 heteroatoms. The number of nitrogens with one attached hydrogen (secondary N) is 1. The molecule has 0 saturated heterocycles. The van der Waals surface area contributed by atoms with Gasteiger partial charge in [0, 0.05) is 17.2 Å². The molecule has 3 N–H and O–H groups in total. The number of nitrogens with two attached hydrogens (primary N) is 1. The minimum absolute atomic E-state index is 0.0327. The lowest BCUT2D eigenvalue weighted by molar-refractivity contribution is 0.263. The minimum atomic E-state index is 0.0327. The Hall–Kier alpha value is -0.610. The first kappa shape index (κ1) is 13.8. The molecule has 1 heterocycles. The normalized spacial score (nSPS) is 28.1. The smallest absolute Gasteiger partial charge is 0.126 e. The van der Waals surface area contributed by atoms with Crippen LogP contribution in [0.25, 0.3) is 0 Å². The van der Waals surface area contributed by atoms with E-state index in [4.69, 9.17) is 5.73 Å². The van der Waals surface area contributed by atoms with E-state index >= 15 is 0 Å². The number of aromatic nitrogens is 1. The number of nitrogens with zero attached hydrogens (tertiary/aromatic N) is 1. The van der Waals surface area contributed by atoms with Crippen LogP contribution in [-0.4, -0.2) is 17.1 Å². The van der Waals surface area contributed by atoms with Crippen LogP contribution in [0.3, 0.4) is 0 Å². The van der Waals surface area contributed by atoms with Crippen LogP contribution >= 0.6 is 15.9 Å². The number of hydrogen-bond donors (Lipinski definition) is 2. The highest BCUT2D eigenvalue weighted by Gasteiger charge is 2.33. The molecule has 1 aliphatic rings. The summed E-state index contributed by atoms with van der Waals surface area (Å²) in [4.78, 5) is 4.44. The summed E-state index contributed by atoms with van der Waals surface area (Å²) in [6.07, 6.45) is 6.70. The summed E-state index contributed by atoms with van der Waals surface area (Å²) in [5.41, 5.74) is 7.25. The van der Waals surface area contributed by atoms with Gasteiger partial charge in [-0.05, 0) is 53.2 Å². The molecule has 2 atom stereocenters. The second-order valence-corrected chi connectivity index (χ2v) is 6.48. The van der Waals surface area contributed by atoms with Crippen LogP contribution in [0.4, 0.5) is 5.82 Å². The zero-order chi connectivity index (χ0) is 13.2. The highest BCUT2D eigenvalue weighted by molar-refractivity contribution is 9.10. The van der Waals surface area contributed by atoms with E-state index < -0.39 is 0 Å².